The Morgan fingerprint density at radius 1 is 1.45 bits per heavy atom. The van der Waals surface area contributed by atoms with Gasteiger partial charge in [0.2, 0.25) is 5.91 Å². The molecule has 20 heavy (non-hydrogen) atoms. The highest BCUT2D eigenvalue weighted by atomic mass is 32.2. The van der Waals surface area contributed by atoms with E-state index in [2.05, 4.69) is 15.3 Å². The van der Waals surface area contributed by atoms with Crippen LogP contribution in [-0.4, -0.2) is 41.9 Å². The van der Waals surface area contributed by atoms with Crippen molar-refractivity contribution in [2.24, 2.45) is 0 Å². The lowest BCUT2D eigenvalue weighted by Crippen LogP contribution is -2.44. The fourth-order valence-corrected chi connectivity index (χ4v) is 3.94. The lowest BCUT2D eigenvalue weighted by atomic mass is 10.1. The molecule has 2 rings (SSSR count). The van der Waals surface area contributed by atoms with E-state index in [9.17, 15) is 13.2 Å². The van der Waals surface area contributed by atoms with E-state index in [4.69, 9.17) is 4.74 Å². The van der Waals surface area contributed by atoms with Gasteiger partial charge < -0.3 is 10.1 Å². The number of rotatable bonds is 3. The summed E-state index contributed by atoms with van der Waals surface area (Å²) in [6.45, 7) is 3.18. The molecule has 0 aromatic carbocycles. The van der Waals surface area contributed by atoms with Crippen molar-refractivity contribution in [1.82, 2.24) is 9.97 Å². The van der Waals surface area contributed by atoms with Gasteiger partial charge in [-0.2, -0.15) is 4.98 Å². The Morgan fingerprint density at radius 2 is 2.15 bits per heavy atom. The molecule has 1 aromatic rings. The minimum atomic E-state index is -3.42. The molecule has 1 saturated heterocycles. The monoisotopic (exact) mass is 299 g/mol. The molecular weight excluding hydrogens is 282 g/mol. The van der Waals surface area contributed by atoms with Crippen LogP contribution in [0.25, 0.3) is 0 Å². The maximum Gasteiger partial charge on any atom is 0.318 e. The van der Waals surface area contributed by atoms with E-state index in [-0.39, 0.29) is 17.6 Å². The molecule has 0 radical (unpaired) electrons. The van der Waals surface area contributed by atoms with Crippen LogP contribution in [0.4, 0.5) is 5.82 Å². The van der Waals surface area contributed by atoms with Crippen LogP contribution in [0.3, 0.4) is 0 Å². The summed E-state index contributed by atoms with van der Waals surface area (Å²) in [5.41, 5.74) is 0.617. The average Bonchev–Trinajstić information content (AvgIpc) is 2.64. The molecule has 0 aliphatic carbocycles. The summed E-state index contributed by atoms with van der Waals surface area (Å²) in [4.78, 5) is 20.3. The number of sulfone groups is 1. The fourth-order valence-electron chi connectivity index (χ4n) is 2.18. The summed E-state index contributed by atoms with van der Waals surface area (Å²) < 4.78 is 27.5. The maximum absolute atomic E-state index is 12.3. The Kier molecular flexibility index (Phi) is 3.68. The van der Waals surface area contributed by atoms with E-state index in [0.29, 0.717) is 18.5 Å². The Hall–Kier alpha value is -1.70. The molecule has 1 N–H and O–H groups in total. The molecule has 0 saturated carbocycles. The van der Waals surface area contributed by atoms with Gasteiger partial charge in [0.25, 0.3) is 0 Å². The van der Waals surface area contributed by atoms with Crippen molar-refractivity contribution in [1.29, 1.82) is 0 Å². The van der Waals surface area contributed by atoms with Crippen LogP contribution < -0.4 is 10.1 Å². The molecule has 1 atom stereocenters. The predicted octanol–water partition coefficient (Wildman–Crippen LogP) is 0.699. The molecule has 2 heterocycles. The van der Waals surface area contributed by atoms with Gasteiger partial charge in [-0.1, -0.05) is 0 Å². The average molecular weight is 299 g/mol. The molecule has 0 spiro atoms. The van der Waals surface area contributed by atoms with Crippen molar-refractivity contribution in [2.45, 2.75) is 31.4 Å². The second-order valence-corrected chi connectivity index (χ2v) is 7.53. The minimum absolute atomic E-state index is 0.0447. The van der Waals surface area contributed by atoms with E-state index in [1.807, 2.05) is 0 Å². The molecule has 1 fully saturated rings. The third-order valence-corrected chi connectivity index (χ3v) is 6.08. The zero-order chi connectivity index (χ0) is 15.0. The molecule has 8 heteroatoms. The Bertz CT molecular complexity index is 644. The highest BCUT2D eigenvalue weighted by Gasteiger charge is 2.49. The van der Waals surface area contributed by atoms with E-state index in [1.54, 1.807) is 13.0 Å². The van der Waals surface area contributed by atoms with Gasteiger partial charge in [-0.05, 0) is 26.7 Å². The molecule has 1 aliphatic rings. The van der Waals surface area contributed by atoms with Gasteiger partial charge in [0.05, 0.1) is 12.9 Å². The van der Waals surface area contributed by atoms with Crippen molar-refractivity contribution in [2.75, 3.05) is 18.2 Å². The van der Waals surface area contributed by atoms with Crippen molar-refractivity contribution in [3.05, 3.63) is 11.8 Å². The van der Waals surface area contributed by atoms with Crippen molar-refractivity contribution >= 4 is 21.6 Å². The van der Waals surface area contributed by atoms with E-state index in [0.717, 1.165) is 0 Å². The number of methoxy groups -OCH3 is 1. The van der Waals surface area contributed by atoms with Crippen LogP contribution in [0.15, 0.2) is 6.07 Å². The zero-order valence-electron chi connectivity index (χ0n) is 11.6. The van der Waals surface area contributed by atoms with Crippen LogP contribution in [0.2, 0.25) is 0 Å². The first-order valence-corrected chi connectivity index (χ1v) is 7.87. The van der Waals surface area contributed by atoms with Gasteiger partial charge in [0, 0.05) is 11.8 Å². The first-order valence-electron chi connectivity index (χ1n) is 6.22. The number of anilines is 1. The number of hydrogen-bond donors (Lipinski definition) is 1. The van der Waals surface area contributed by atoms with E-state index in [1.165, 1.54) is 14.0 Å². The molecule has 110 valence electrons. The number of aryl methyl sites for hydroxylation is 1. The first kappa shape index (κ1) is 14.7. The third kappa shape index (κ3) is 2.47. The van der Waals surface area contributed by atoms with Gasteiger partial charge in [0.1, 0.15) is 10.6 Å². The number of amides is 1. The van der Waals surface area contributed by atoms with Crippen molar-refractivity contribution in [3.8, 4) is 6.01 Å². The van der Waals surface area contributed by atoms with E-state index < -0.39 is 20.5 Å². The molecule has 1 aromatic heterocycles. The van der Waals surface area contributed by atoms with Crippen molar-refractivity contribution in [3.63, 3.8) is 0 Å². The maximum atomic E-state index is 12.3. The predicted molar refractivity (Wildman–Crippen MR) is 73.4 cm³/mol. The number of carbonyl (C=O) groups is 1. The Balaban J connectivity index is 2.26. The summed E-state index contributed by atoms with van der Waals surface area (Å²) in [7, 11) is -2.00. The van der Waals surface area contributed by atoms with Gasteiger partial charge in [-0.15, -0.1) is 0 Å². The fraction of sp³-hybridized carbons (Fsp3) is 0.583. The second-order valence-electron chi connectivity index (χ2n) is 4.99. The quantitative estimate of drug-likeness (QED) is 0.882. The van der Waals surface area contributed by atoms with Crippen LogP contribution >= 0.6 is 0 Å². The van der Waals surface area contributed by atoms with E-state index >= 15 is 0 Å². The number of nitrogens with one attached hydrogen (secondary N) is 1. The van der Waals surface area contributed by atoms with Crippen LogP contribution in [0.1, 0.15) is 25.5 Å². The number of aromatic nitrogens is 2. The molecule has 1 aliphatic heterocycles. The SMILES string of the molecule is COc1nc(C)cc(NC(=O)C2(C)CCCS2(=O)=O)n1. The number of carbonyl (C=O) groups excluding carboxylic acids is 1. The topological polar surface area (TPSA) is 98.2 Å². The van der Waals surface area contributed by atoms with Crippen LogP contribution in [0.5, 0.6) is 6.01 Å². The van der Waals surface area contributed by atoms with Gasteiger partial charge >= 0.3 is 6.01 Å². The first-order chi connectivity index (χ1) is 9.28. The number of nitrogens with zero attached hydrogens (tertiary/aromatic N) is 2. The minimum Gasteiger partial charge on any atom is -0.467 e. The number of ether oxygens (including phenoxy) is 1. The van der Waals surface area contributed by atoms with Gasteiger partial charge in [-0.3, -0.25) is 4.79 Å². The largest absolute Gasteiger partial charge is 0.467 e. The second kappa shape index (κ2) is 5.01. The highest BCUT2D eigenvalue weighted by Crippen LogP contribution is 2.33. The van der Waals surface area contributed by atoms with Crippen molar-refractivity contribution < 1.29 is 17.9 Å². The Labute approximate surface area is 117 Å². The molecular formula is C12H17N3O4S. The smallest absolute Gasteiger partial charge is 0.318 e. The summed E-state index contributed by atoms with van der Waals surface area (Å²) in [5, 5.41) is 2.55. The summed E-state index contributed by atoms with van der Waals surface area (Å²) in [5.74, 6) is -0.277. The summed E-state index contributed by atoms with van der Waals surface area (Å²) in [6.07, 6.45) is 0.820. The van der Waals surface area contributed by atoms with Gasteiger partial charge in [-0.25, -0.2) is 13.4 Å². The highest BCUT2D eigenvalue weighted by molar-refractivity contribution is 7.93. The molecule has 7 nitrogen and oxygen atoms in total. The molecule has 1 amide bonds. The lowest BCUT2D eigenvalue weighted by Gasteiger charge is -2.21. The summed E-state index contributed by atoms with van der Waals surface area (Å²) >= 11 is 0. The standard InChI is InChI=1S/C12H17N3O4S/c1-8-7-9(15-11(13-8)19-3)14-10(16)12(2)5-4-6-20(12,17)18/h7H,4-6H2,1-3H3,(H,13,14,15,16). The van der Waals surface area contributed by atoms with Gasteiger partial charge in [0.15, 0.2) is 9.84 Å². The number of hydrogen-bond acceptors (Lipinski definition) is 6. The zero-order valence-corrected chi connectivity index (χ0v) is 12.5. The van der Waals surface area contributed by atoms with Crippen LogP contribution in [0, 0.1) is 6.92 Å². The Morgan fingerprint density at radius 3 is 2.70 bits per heavy atom. The third-order valence-electron chi connectivity index (χ3n) is 3.49. The molecule has 0 bridgehead atoms. The summed E-state index contributed by atoms with van der Waals surface area (Å²) in [6, 6.07) is 1.69. The van der Waals surface area contributed by atoms with Crippen LogP contribution in [-0.2, 0) is 14.6 Å². The normalized spacial score (nSPS) is 24.4. The molecule has 1 unspecified atom stereocenters. The lowest BCUT2D eigenvalue weighted by molar-refractivity contribution is -0.118.